The second-order valence-electron chi connectivity index (χ2n) is 5.77. The van der Waals surface area contributed by atoms with Crippen molar-refractivity contribution in [1.82, 2.24) is 0 Å². The van der Waals surface area contributed by atoms with Crippen molar-refractivity contribution in [1.29, 1.82) is 0 Å². The summed E-state index contributed by atoms with van der Waals surface area (Å²) in [6, 6.07) is 10.1. The average molecular weight is 363 g/mol. The molecule has 0 aliphatic rings. The molecule has 0 heterocycles. The third-order valence-corrected chi connectivity index (χ3v) is 3.48. The number of anilines is 1. The molecule has 1 N–H and O–H groups in total. The van der Waals surface area contributed by atoms with Crippen molar-refractivity contribution in [3.63, 3.8) is 0 Å². The van der Waals surface area contributed by atoms with Crippen LogP contribution in [0.2, 0.25) is 0 Å². The molecule has 0 aliphatic heterocycles. The van der Waals surface area contributed by atoms with Crippen LogP contribution in [0.15, 0.2) is 42.5 Å². The Morgan fingerprint density at radius 3 is 2.38 bits per heavy atom. The molecule has 0 saturated carbocycles. The van der Waals surface area contributed by atoms with Crippen LogP contribution in [0.25, 0.3) is 0 Å². The van der Waals surface area contributed by atoms with Gasteiger partial charge in [-0.2, -0.15) is 0 Å². The van der Waals surface area contributed by atoms with Gasteiger partial charge in [-0.05, 0) is 50.6 Å². The summed E-state index contributed by atoms with van der Waals surface area (Å²) in [5.41, 5.74) is 1.03. The minimum Gasteiger partial charge on any atom is -0.479 e. The second-order valence-corrected chi connectivity index (χ2v) is 5.77. The van der Waals surface area contributed by atoms with Crippen LogP contribution in [0.3, 0.4) is 0 Å². The molecule has 0 saturated heterocycles. The lowest BCUT2D eigenvalue weighted by atomic mass is 10.2. The Bertz CT molecular complexity index is 810. The van der Waals surface area contributed by atoms with Crippen molar-refractivity contribution in [3.8, 4) is 5.75 Å². The van der Waals surface area contributed by atoms with Gasteiger partial charge < -0.3 is 14.8 Å². The number of hydrogen-bond acceptors (Lipinski definition) is 4. The van der Waals surface area contributed by atoms with Crippen molar-refractivity contribution in [2.75, 3.05) is 5.32 Å². The number of benzene rings is 2. The lowest BCUT2D eigenvalue weighted by Crippen LogP contribution is -2.35. The van der Waals surface area contributed by atoms with Gasteiger partial charge in [-0.1, -0.05) is 12.1 Å². The maximum absolute atomic E-state index is 13.2. The van der Waals surface area contributed by atoms with Gasteiger partial charge in [0.15, 0.2) is 23.8 Å². The summed E-state index contributed by atoms with van der Waals surface area (Å²) in [6.07, 6.45) is -2.06. The Balaban J connectivity index is 1.90. The van der Waals surface area contributed by atoms with E-state index in [4.69, 9.17) is 9.47 Å². The van der Waals surface area contributed by atoms with Crippen LogP contribution in [0.1, 0.15) is 19.4 Å². The predicted octanol–water partition coefficient (Wildman–Crippen LogP) is 3.61. The number of carbonyl (C=O) groups is 2. The van der Waals surface area contributed by atoms with Crippen molar-refractivity contribution >= 4 is 17.6 Å². The quantitative estimate of drug-likeness (QED) is 0.797. The molecule has 138 valence electrons. The number of ether oxygens (including phenoxy) is 2. The Labute approximate surface area is 149 Å². The molecule has 5 nitrogen and oxygen atoms in total. The van der Waals surface area contributed by atoms with Crippen LogP contribution in [-0.4, -0.2) is 24.1 Å². The zero-order valence-electron chi connectivity index (χ0n) is 14.6. The summed E-state index contributed by atoms with van der Waals surface area (Å²) in [7, 11) is 0. The summed E-state index contributed by atoms with van der Waals surface area (Å²) in [5.74, 6) is -3.00. The zero-order chi connectivity index (χ0) is 19.3. The minimum absolute atomic E-state index is 0.0564. The van der Waals surface area contributed by atoms with Gasteiger partial charge >= 0.3 is 5.97 Å². The van der Waals surface area contributed by atoms with Crippen LogP contribution in [0.5, 0.6) is 5.75 Å². The molecule has 2 aromatic rings. The molecule has 0 aromatic heterocycles. The first-order chi connectivity index (χ1) is 12.3. The van der Waals surface area contributed by atoms with E-state index in [9.17, 15) is 18.4 Å². The van der Waals surface area contributed by atoms with Crippen LogP contribution in [0.4, 0.5) is 14.5 Å². The minimum atomic E-state index is -1.14. The number of carbonyl (C=O) groups excluding carboxylic acids is 2. The molecule has 0 bridgehead atoms. The molecule has 2 atom stereocenters. The van der Waals surface area contributed by atoms with Gasteiger partial charge in [0.25, 0.3) is 5.91 Å². The molecule has 0 fully saturated rings. The van der Waals surface area contributed by atoms with Gasteiger partial charge in [0.2, 0.25) is 0 Å². The topological polar surface area (TPSA) is 64.6 Å². The van der Waals surface area contributed by atoms with Crippen LogP contribution in [-0.2, 0) is 14.3 Å². The third kappa shape index (κ3) is 5.27. The summed E-state index contributed by atoms with van der Waals surface area (Å²) in [4.78, 5) is 24.1. The molecule has 7 heteroatoms. The summed E-state index contributed by atoms with van der Waals surface area (Å²) in [6.45, 7) is 4.76. The fourth-order valence-electron chi connectivity index (χ4n) is 2.08. The standard InChI is InChI=1S/C19H19F2NO4/c1-11-5-4-6-15(9-11)25-13(3)19(24)26-12(2)18(23)22-14-7-8-16(20)17(21)10-14/h4-10,12-13H,1-3H3,(H,22,23)/t12-,13-/m1/s1. The number of halogens is 2. The first-order valence-electron chi connectivity index (χ1n) is 7.96. The van der Waals surface area contributed by atoms with E-state index in [2.05, 4.69) is 5.32 Å². The zero-order valence-corrected chi connectivity index (χ0v) is 14.6. The summed E-state index contributed by atoms with van der Waals surface area (Å²) < 4.78 is 36.6. The lowest BCUT2D eigenvalue weighted by Gasteiger charge is -2.18. The highest BCUT2D eigenvalue weighted by Gasteiger charge is 2.23. The first-order valence-corrected chi connectivity index (χ1v) is 7.96. The van der Waals surface area contributed by atoms with E-state index in [1.165, 1.54) is 19.9 Å². The van der Waals surface area contributed by atoms with E-state index in [1.807, 2.05) is 13.0 Å². The normalized spacial score (nSPS) is 12.8. The monoisotopic (exact) mass is 363 g/mol. The predicted molar refractivity (Wildman–Crippen MR) is 91.8 cm³/mol. The van der Waals surface area contributed by atoms with E-state index >= 15 is 0 Å². The molecule has 2 aromatic carbocycles. The highest BCUT2D eigenvalue weighted by Crippen LogP contribution is 2.16. The molecule has 0 spiro atoms. The highest BCUT2D eigenvalue weighted by molar-refractivity contribution is 5.95. The smallest absolute Gasteiger partial charge is 0.347 e. The average Bonchev–Trinajstić information content (AvgIpc) is 2.58. The lowest BCUT2D eigenvalue weighted by molar-refractivity contribution is -0.159. The Kier molecular flexibility index (Phi) is 6.27. The number of esters is 1. The number of rotatable bonds is 6. The van der Waals surface area contributed by atoms with Gasteiger partial charge in [0.05, 0.1) is 0 Å². The van der Waals surface area contributed by atoms with Crippen LogP contribution < -0.4 is 10.1 Å². The molecule has 0 radical (unpaired) electrons. The number of nitrogens with one attached hydrogen (secondary N) is 1. The fourth-order valence-corrected chi connectivity index (χ4v) is 2.08. The molecule has 0 aliphatic carbocycles. The van der Waals surface area contributed by atoms with Crippen LogP contribution >= 0.6 is 0 Å². The summed E-state index contributed by atoms with van der Waals surface area (Å²) in [5, 5.41) is 2.35. The van der Waals surface area contributed by atoms with E-state index in [1.54, 1.807) is 18.2 Å². The molecular formula is C19H19F2NO4. The van der Waals surface area contributed by atoms with Gasteiger partial charge in [0.1, 0.15) is 5.75 Å². The van der Waals surface area contributed by atoms with E-state index < -0.39 is 35.7 Å². The molecule has 0 unspecified atom stereocenters. The number of hydrogen-bond donors (Lipinski definition) is 1. The number of amides is 1. The fraction of sp³-hybridized carbons (Fsp3) is 0.263. The first kappa shape index (κ1) is 19.4. The Morgan fingerprint density at radius 1 is 1.00 bits per heavy atom. The van der Waals surface area contributed by atoms with Crippen molar-refractivity contribution in [3.05, 3.63) is 59.7 Å². The molecule has 2 rings (SSSR count). The van der Waals surface area contributed by atoms with Crippen molar-refractivity contribution in [2.45, 2.75) is 33.0 Å². The van der Waals surface area contributed by atoms with E-state index in [0.717, 1.165) is 17.7 Å². The Morgan fingerprint density at radius 2 is 1.73 bits per heavy atom. The maximum Gasteiger partial charge on any atom is 0.347 e. The third-order valence-electron chi connectivity index (χ3n) is 3.48. The maximum atomic E-state index is 13.2. The van der Waals surface area contributed by atoms with Gasteiger partial charge in [0, 0.05) is 11.8 Å². The molecule has 1 amide bonds. The highest BCUT2D eigenvalue weighted by atomic mass is 19.2. The Hall–Kier alpha value is -2.96. The largest absolute Gasteiger partial charge is 0.479 e. The SMILES string of the molecule is Cc1cccc(O[C@H](C)C(=O)O[C@H](C)C(=O)Nc2ccc(F)c(F)c2)c1. The number of aryl methyl sites for hydroxylation is 1. The van der Waals surface area contributed by atoms with Crippen molar-refractivity contribution < 1.29 is 27.8 Å². The van der Waals surface area contributed by atoms with Gasteiger partial charge in [-0.3, -0.25) is 4.79 Å². The van der Waals surface area contributed by atoms with E-state index in [0.29, 0.717) is 5.75 Å². The van der Waals surface area contributed by atoms with Gasteiger partial charge in [-0.15, -0.1) is 0 Å². The molecular weight excluding hydrogens is 344 g/mol. The second kappa shape index (κ2) is 8.42. The van der Waals surface area contributed by atoms with Crippen molar-refractivity contribution in [2.24, 2.45) is 0 Å². The van der Waals surface area contributed by atoms with Crippen LogP contribution in [0, 0.1) is 18.6 Å². The van der Waals surface area contributed by atoms with E-state index in [-0.39, 0.29) is 5.69 Å². The molecule has 26 heavy (non-hydrogen) atoms. The van der Waals surface area contributed by atoms with Gasteiger partial charge in [-0.25, -0.2) is 13.6 Å². The summed E-state index contributed by atoms with van der Waals surface area (Å²) >= 11 is 0.